The van der Waals surface area contributed by atoms with Crippen molar-refractivity contribution >= 4 is 0 Å². The van der Waals surface area contributed by atoms with Gasteiger partial charge in [-0.1, -0.05) is 12.1 Å². The molecule has 0 amide bonds. The minimum Gasteiger partial charge on any atom is -0.497 e. The van der Waals surface area contributed by atoms with Crippen LogP contribution in [0.2, 0.25) is 0 Å². The molecular formula is C17H29N3O. The molecule has 0 saturated carbocycles. The lowest BCUT2D eigenvalue weighted by Crippen LogP contribution is -2.54. The van der Waals surface area contributed by atoms with Gasteiger partial charge in [0.05, 0.1) is 7.11 Å². The van der Waals surface area contributed by atoms with Crippen LogP contribution in [0, 0.1) is 0 Å². The van der Waals surface area contributed by atoms with Crippen LogP contribution in [0.4, 0.5) is 0 Å². The summed E-state index contributed by atoms with van der Waals surface area (Å²) < 4.78 is 5.33. The molecule has 0 spiro atoms. The van der Waals surface area contributed by atoms with E-state index in [0.29, 0.717) is 6.54 Å². The van der Waals surface area contributed by atoms with Crippen LogP contribution in [0.5, 0.6) is 5.75 Å². The summed E-state index contributed by atoms with van der Waals surface area (Å²) in [7, 11) is 1.71. The minimum atomic E-state index is 0.250. The van der Waals surface area contributed by atoms with Gasteiger partial charge in [-0.2, -0.15) is 0 Å². The van der Waals surface area contributed by atoms with Crippen LogP contribution in [0.25, 0.3) is 0 Å². The van der Waals surface area contributed by atoms with Gasteiger partial charge in [0.15, 0.2) is 0 Å². The van der Waals surface area contributed by atoms with E-state index in [4.69, 9.17) is 10.5 Å². The van der Waals surface area contributed by atoms with Gasteiger partial charge in [0.25, 0.3) is 0 Å². The number of hydrogen-bond acceptors (Lipinski definition) is 4. The highest BCUT2D eigenvalue weighted by Crippen LogP contribution is 2.26. The zero-order valence-electron chi connectivity index (χ0n) is 13.8. The summed E-state index contributed by atoms with van der Waals surface area (Å²) in [6.07, 6.45) is 0. The van der Waals surface area contributed by atoms with Crippen molar-refractivity contribution < 1.29 is 4.74 Å². The van der Waals surface area contributed by atoms with Crippen molar-refractivity contribution in [3.05, 3.63) is 29.8 Å². The molecule has 1 aromatic rings. The maximum Gasteiger partial charge on any atom is 0.119 e. The van der Waals surface area contributed by atoms with E-state index in [0.717, 1.165) is 31.9 Å². The normalized spacial score (nSPS) is 19.5. The van der Waals surface area contributed by atoms with Crippen molar-refractivity contribution in [3.8, 4) is 5.75 Å². The third-order valence-corrected chi connectivity index (χ3v) is 4.41. The molecule has 1 aliphatic rings. The summed E-state index contributed by atoms with van der Waals surface area (Å²) in [5, 5.41) is 0. The topological polar surface area (TPSA) is 41.7 Å². The predicted molar refractivity (Wildman–Crippen MR) is 87.7 cm³/mol. The zero-order valence-corrected chi connectivity index (χ0v) is 13.8. The van der Waals surface area contributed by atoms with E-state index in [1.54, 1.807) is 7.11 Å². The molecule has 1 saturated heterocycles. The van der Waals surface area contributed by atoms with Gasteiger partial charge in [-0.05, 0) is 38.5 Å². The Balaban J connectivity index is 2.06. The van der Waals surface area contributed by atoms with Gasteiger partial charge < -0.3 is 10.5 Å². The average Bonchev–Trinajstić information content (AvgIpc) is 2.48. The van der Waals surface area contributed by atoms with E-state index in [-0.39, 0.29) is 11.6 Å². The number of methoxy groups -OCH3 is 1. The van der Waals surface area contributed by atoms with Gasteiger partial charge in [0.1, 0.15) is 5.75 Å². The minimum absolute atomic E-state index is 0.250. The molecule has 21 heavy (non-hydrogen) atoms. The standard InChI is InChI=1S/C17H29N3O/c1-17(2,3)20-10-8-19(9-11-20)16(13-18)14-6-5-7-15(12-14)21-4/h5-7,12,16H,8-11,13,18H2,1-4H3. The lowest BCUT2D eigenvalue weighted by atomic mass is 10.0. The van der Waals surface area contributed by atoms with Gasteiger partial charge >= 0.3 is 0 Å². The Bertz CT molecular complexity index is 448. The first-order valence-electron chi connectivity index (χ1n) is 7.79. The molecule has 2 N–H and O–H groups in total. The zero-order chi connectivity index (χ0) is 15.5. The summed E-state index contributed by atoms with van der Waals surface area (Å²) in [5.41, 5.74) is 7.55. The molecule has 0 aromatic heterocycles. The molecule has 4 nitrogen and oxygen atoms in total. The highest BCUT2D eigenvalue weighted by molar-refractivity contribution is 5.30. The third kappa shape index (κ3) is 3.96. The van der Waals surface area contributed by atoms with Crippen molar-refractivity contribution in [2.45, 2.75) is 32.4 Å². The van der Waals surface area contributed by atoms with Gasteiger partial charge in [-0.15, -0.1) is 0 Å². The number of rotatable bonds is 4. The smallest absolute Gasteiger partial charge is 0.119 e. The van der Waals surface area contributed by atoms with Gasteiger partial charge in [0, 0.05) is 44.3 Å². The fourth-order valence-corrected chi connectivity index (χ4v) is 3.05. The summed E-state index contributed by atoms with van der Waals surface area (Å²) in [6.45, 7) is 11.8. The Labute approximate surface area is 128 Å². The van der Waals surface area contributed by atoms with Crippen molar-refractivity contribution in [2.75, 3.05) is 39.8 Å². The number of piperazine rings is 1. The van der Waals surface area contributed by atoms with Gasteiger partial charge in [-0.3, -0.25) is 9.80 Å². The molecule has 1 atom stereocenters. The van der Waals surface area contributed by atoms with E-state index in [1.165, 1.54) is 5.56 Å². The molecule has 1 aromatic carbocycles. The summed E-state index contributed by atoms with van der Waals surface area (Å²) in [5.74, 6) is 0.902. The molecular weight excluding hydrogens is 262 g/mol. The Morgan fingerprint density at radius 1 is 1.19 bits per heavy atom. The second kappa shape index (κ2) is 6.77. The number of ether oxygens (including phenoxy) is 1. The van der Waals surface area contributed by atoms with E-state index < -0.39 is 0 Å². The van der Waals surface area contributed by atoms with Crippen molar-refractivity contribution in [3.63, 3.8) is 0 Å². The van der Waals surface area contributed by atoms with E-state index in [2.05, 4.69) is 42.7 Å². The molecule has 1 aliphatic heterocycles. The summed E-state index contributed by atoms with van der Waals surface area (Å²) in [6, 6.07) is 8.56. The largest absolute Gasteiger partial charge is 0.497 e. The first-order valence-corrected chi connectivity index (χ1v) is 7.79. The first kappa shape index (κ1) is 16.3. The molecule has 118 valence electrons. The van der Waals surface area contributed by atoms with E-state index in [9.17, 15) is 0 Å². The second-order valence-corrected chi connectivity index (χ2v) is 6.72. The number of nitrogens with zero attached hydrogens (tertiary/aromatic N) is 2. The fraction of sp³-hybridized carbons (Fsp3) is 0.647. The van der Waals surface area contributed by atoms with Gasteiger partial charge in [0.2, 0.25) is 0 Å². The van der Waals surface area contributed by atoms with Crippen LogP contribution >= 0.6 is 0 Å². The van der Waals surface area contributed by atoms with Crippen LogP contribution in [0.1, 0.15) is 32.4 Å². The van der Waals surface area contributed by atoms with Crippen molar-refractivity contribution in [1.29, 1.82) is 0 Å². The summed E-state index contributed by atoms with van der Waals surface area (Å²) >= 11 is 0. The van der Waals surface area contributed by atoms with Gasteiger partial charge in [-0.25, -0.2) is 0 Å². The van der Waals surface area contributed by atoms with Crippen molar-refractivity contribution in [2.24, 2.45) is 5.73 Å². The molecule has 0 aliphatic carbocycles. The monoisotopic (exact) mass is 291 g/mol. The molecule has 1 fully saturated rings. The quantitative estimate of drug-likeness (QED) is 0.922. The van der Waals surface area contributed by atoms with Crippen LogP contribution in [-0.4, -0.2) is 55.2 Å². The van der Waals surface area contributed by atoms with Crippen LogP contribution < -0.4 is 10.5 Å². The Hall–Kier alpha value is -1.10. The first-order chi connectivity index (χ1) is 9.95. The fourth-order valence-electron chi connectivity index (χ4n) is 3.05. The lowest BCUT2D eigenvalue weighted by Gasteiger charge is -2.44. The molecule has 0 bridgehead atoms. The molecule has 1 heterocycles. The van der Waals surface area contributed by atoms with Crippen LogP contribution in [-0.2, 0) is 0 Å². The lowest BCUT2D eigenvalue weighted by molar-refractivity contribution is 0.0433. The summed E-state index contributed by atoms with van der Waals surface area (Å²) in [4.78, 5) is 5.04. The number of hydrogen-bond donors (Lipinski definition) is 1. The highest BCUT2D eigenvalue weighted by atomic mass is 16.5. The van der Waals surface area contributed by atoms with Crippen LogP contribution in [0.15, 0.2) is 24.3 Å². The maximum atomic E-state index is 6.05. The molecule has 4 heteroatoms. The second-order valence-electron chi connectivity index (χ2n) is 6.72. The number of nitrogens with two attached hydrogens (primary N) is 1. The molecule has 0 radical (unpaired) electrons. The predicted octanol–water partition coefficient (Wildman–Crippen LogP) is 2.11. The molecule has 1 unspecified atom stereocenters. The number of benzene rings is 1. The van der Waals surface area contributed by atoms with E-state index >= 15 is 0 Å². The van der Waals surface area contributed by atoms with Crippen LogP contribution in [0.3, 0.4) is 0 Å². The Morgan fingerprint density at radius 2 is 1.86 bits per heavy atom. The average molecular weight is 291 g/mol. The van der Waals surface area contributed by atoms with E-state index in [1.807, 2.05) is 12.1 Å². The Kier molecular flexibility index (Phi) is 5.25. The highest BCUT2D eigenvalue weighted by Gasteiger charge is 2.29. The SMILES string of the molecule is COc1cccc(C(CN)N2CCN(C(C)(C)C)CC2)c1. The third-order valence-electron chi connectivity index (χ3n) is 4.41. The van der Waals surface area contributed by atoms with Crippen molar-refractivity contribution in [1.82, 2.24) is 9.80 Å². The Morgan fingerprint density at radius 3 is 2.38 bits per heavy atom. The maximum absolute atomic E-state index is 6.05. The molecule has 2 rings (SSSR count).